The van der Waals surface area contributed by atoms with Crippen LogP contribution in [-0.4, -0.2) is 12.1 Å². The Balaban J connectivity index is 2.51. The summed E-state index contributed by atoms with van der Waals surface area (Å²) < 4.78 is 37.7. The zero-order valence-electron chi connectivity index (χ0n) is 8.80. The number of hydrogen-bond donors (Lipinski definition) is 0. The summed E-state index contributed by atoms with van der Waals surface area (Å²) in [7, 11) is 0. The second-order valence-corrected chi connectivity index (χ2v) is 4.12. The lowest BCUT2D eigenvalue weighted by Gasteiger charge is -2.19. The van der Waals surface area contributed by atoms with E-state index in [1.807, 2.05) is 30.3 Å². The van der Waals surface area contributed by atoms with Crippen LogP contribution in [0.1, 0.15) is 18.4 Å². The van der Waals surface area contributed by atoms with E-state index in [-0.39, 0.29) is 18.7 Å². The lowest BCUT2D eigenvalue weighted by Crippen LogP contribution is -2.24. The summed E-state index contributed by atoms with van der Waals surface area (Å²) >= 11 is 5.38. The highest BCUT2D eigenvalue weighted by atomic mass is 35.5. The zero-order chi connectivity index (χ0) is 12.0. The molecule has 0 spiro atoms. The number of halogens is 4. The van der Waals surface area contributed by atoms with Gasteiger partial charge in [-0.25, -0.2) is 0 Å². The Labute approximate surface area is 98.4 Å². The van der Waals surface area contributed by atoms with Crippen LogP contribution in [0.4, 0.5) is 13.2 Å². The molecule has 0 saturated carbocycles. The fraction of sp³-hybridized carbons (Fsp3) is 0.500. The van der Waals surface area contributed by atoms with Crippen molar-refractivity contribution in [2.45, 2.75) is 25.4 Å². The lowest BCUT2D eigenvalue weighted by atomic mass is 9.97. The highest BCUT2D eigenvalue weighted by Gasteiger charge is 2.38. The van der Waals surface area contributed by atoms with Gasteiger partial charge in [-0.15, -0.1) is 11.6 Å². The summed E-state index contributed by atoms with van der Waals surface area (Å²) in [5, 5.41) is 0. The number of aryl methyl sites for hydroxylation is 1. The Morgan fingerprint density at radius 1 is 1.06 bits per heavy atom. The van der Waals surface area contributed by atoms with Gasteiger partial charge in [0, 0.05) is 5.88 Å². The van der Waals surface area contributed by atoms with Gasteiger partial charge in [0.15, 0.2) is 0 Å². The van der Waals surface area contributed by atoms with Gasteiger partial charge in [0.25, 0.3) is 0 Å². The van der Waals surface area contributed by atoms with Gasteiger partial charge in [0.2, 0.25) is 0 Å². The van der Waals surface area contributed by atoms with E-state index < -0.39 is 12.1 Å². The van der Waals surface area contributed by atoms with Gasteiger partial charge >= 0.3 is 6.18 Å². The van der Waals surface area contributed by atoms with Crippen molar-refractivity contribution >= 4 is 11.6 Å². The fourth-order valence-corrected chi connectivity index (χ4v) is 1.85. The molecule has 1 rings (SSSR count). The Morgan fingerprint density at radius 3 is 2.19 bits per heavy atom. The number of hydrogen-bond acceptors (Lipinski definition) is 0. The molecule has 0 saturated heterocycles. The molecule has 0 fully saturated rings. The second-order valence-electron chi connectivity index (χ2n) is 3.74. The Morgan fingerprint density at radius 2 is 1.69 bits per heavy atom. The van der Waals surface area contributed by atoms with Crippen molar-refractivity contribution in [1.82, 2.24) is 0 Å². The summed E-state index contributed by atoms with van der Waals surface area (Å²) in [5.41, 5.74) is 0.936. The van der Waals surface area contributed by atoms with Gasteiger partial charge in [0.1, 0.15) is 0 Å². The van der Waals surface area contributed by atoms with Crippen molar-refractivity contribution < 1.29 is 13.2 Å². The topological polar surface area (TPSA) is 0 Å². The summed E-state index contributed by atoms with van der Waals surface area (Å²) in [6.45, 7) is 0. The van der Waals surface area contributed by atoms with Crippen LogP contribution in [0.15, 0.2) is 30.3 Å². The van der Waals surface area contributed by atoms with E-state index in [4.69, 9.17) is 11.6 Å². The molecular formula is C12H14ClF3. The molecule has 0 bridgehead atoms. The Hall–Kier alpha value is -0.700. The van der Waals surface area contributed by atoms with Crippen LogP contribution in [0.3, 0.4) is 0 Å². The molecule has 0 amide bonds. The predicted octanol–water partition coefficient (Wildman–Crippen LogP) is 4.43. The van der Waals surface area contributed by atoms with Gasteiger partial charge in [-0.3, -0.25) is 0 Å². The third kappa shape index (κ3) is 4.44. The van der Waals surface area contributed by atoms with Crippen LogP contribution in [0.2, 0.25) is 0 Å². The third-order valence-corrected chi connectivity index (χ3v) is 2.76. The lowest BCUT2D eigenvalue weighted by molar-refractivity contribution is -0.176. The predicted molar refractivity (Wildman–Crippen MR) is 59.6 cm³/mol. The summed E-state index contributed by atoms with van der Waals surface area (Å²) in [4.78, 5) is 0. The third-order valence-electron chi connectivity index (χ3n) is 2.54. The van der Waals surface area contributed by atoms with Crippen LogP contribution in [0.5, 0.6) is 0 Å². The average molecular weight is 251 g/mol. The van der Waals surface area contributed by atoms with Gasteiger partial charge in [0.05, 0.1) is 5.92 Å². The molecule has 0 aromatic heterocycles. The van der Waals surface area contributed by atoms with Crippen LogP contribution in [0, 0.1) is 5.92 Å². The molecule has 0 aliphatic carbocycles. The zero-order valence-corrected chi connectivity index (χ0v) is 9.56. The van der Waals surface area contributed by atoms with Gasteiger partial charge in [-0.2, -0.15) is 13.2 Å². The Bertz CT molecular complexity index is 295. The van der Waals surface area contributed by atoms with Crippen LogP contribution >= 0.6 is 11.6 Å². The largest absolute Gasteiger partial charge is 0.391 e. The molecule has 0 heterocycles. The van der Waals surface area contributed by atoms with Crippen molar-refractivity contribution in [2.75, 3.05) is 5.88 Å². The molecule has 1 unspecified atom stereocenters. The number of alkyl halides is 4. The van der Waals surface area contributed by atoms with Crippen molar-refractivity contribution in [2.24, 2.45) is 5.92 Å². The van der Waals surface area contributed by atoms with E-state index >= 15 is 0 Å². The van der Waals surface area contributed by atoms with E-state index in [1.54, 1.807) is 0 Å². The second kappa shape index (κ2) is 6.14. The van der Waals surface area contributed by atoms with Gasteiger partial charge < -0.3 is 0 Å². The first kappa shape index (κ1) is 13.4. The molecule has 0 radical (unpaired) electrons. The monoisotopic (exact) mass is 250 g/mol. The minimum atomic E-state index is -4.14. The van der Waals surface area contributed by atoms with E-state index in [9.17, 15) is 13.2 Å². The fourth-order valence-electron chi connectivity index (χ4n) is 1.59. The van der Waals surface area contributed by atoms with Gasteiger partial charge in [-0.1, -0.05) is 30.3 Å². The minimum absolute atomic E-state index is 0.00209. The maximum absolute atomic E-state index is 12.6. The molecule has 0 N–H and O–H groups in total. The van der Waals surface area contributed by atoms with Crippen LogP contribution < -0.4 is 0 Å². The molecule has 4 heteroatoms. The molecule has 90 valence electrons. The van der Waals surface area contributed by atoms with Crippen molar-refractivity contribution in [3.05, 3.63) is 35.9 Å². The van der Waals surface area contributed by atoms with Crippen molar-refractivity contribution in [1.29, 1.82) is 0 Å². The Kier molecular flexibility index (Phi) is 5.13. The van der Waals surface area contributed by atoms with Crippen LogP contribution in [0.25, 0.3) is 0 Å². The first-order valence-corrected chi connectivity index (χ1v) is 5.74. The SMILES string of the molecule is FC(F)(F)C(CCCl)CCc1ccccc1. The molecule has 0 aliphatic heterocycles. The number of rotatable bonds is 5. The maximum atomic E-state index is 12.6. The van der Waals surface area contributed by atoms with Gasteiger partial charge in [-0.05, 0) is 24.8 Å². The molecule has 0 aliphatic rings. The van der Waals surface area contributed by atoms with E-state index in [2.05, 4.69) is 0 Å². The smallest absolute Gasteiger partial charge is 0.171 e. The minimum Gasteiger partial charge on any atom is -0.171 e. The highest BCUT2D eigenvalue weighted by molar-refractivity contribution is 6.17. The standard InChI is InChI=1S/C12H14ClF3/c13-9-8-11(12(14,15)16)7-6-10-4-2-1-3-5-10/h1-5,11H,6-9H2. The first-order valence-electron chi connectivity index (χ1n) is 5.20. The molecule has 1 aromatic carbocycles. The van der Waals surface area contributed by atoms with Crippen molar-refractivity contribution in [3.8, 4) is 0 Å². The molecule has 1 aromatic rings. The van der Waals surface area contributed by atoms with E-state index in [1.165, 1.54) is 0 Å². The van der Waals surface area contributed by atoms with Crippen molar-refractivity contribution in [3.63, 3.8) is 0 Å². The average Bonchev–Trinajstić information content (AvgIpc) is 2.24. The normalized spacial score (nSPS) is 13.8. The molecule has 0 nitrogen and oxygen atoms in total. The molecule has 16 heavy (non-hydrogen) atoms. The summed E-state index contributed by atoms with van der Waals surface area (Å²) in [6, 6.07) is 9.20. The van der Waals surface area contributed by atoms with E-state index in [0.717, 1.165) is 5.56 Å². The molecular weight excluding hydrogens is 237 g/mol. The maximum Gasteiger partial charge on any atom is 0.391 e. The number of benzene rings is 1. The van der Waals surface area contributed by atoms with E-state index in [0.29, 0.717) is 6.42 Å². The highest BCUT2D eigenvalue weighted by Crippen LogP contribution is 2.32. The quantitative estimate of drug-likeness (QED) is 0.679. The summed E-state index contributed by atoms with van der Waals surface area (Å²) in [6.07, 6.45) is -3.58. The van der Waals surface area contributed by atoms with Crippen LogP contribution in [-0.2, 0) is 6.42 Å². The first-order chi connectivity index (χ1) is 7.54. The summed E-state index contributed by atoms with van der Waals surface area (Å²) in [5.74, 6) is -1.23. The molecule has 1 atom stereocenters.